The van der Waals surface area contributed by atoms with Crippen molar-refractivity contribution in [1.82, 2.24) is 10.2 Å². The molecule has 8 nitrogen and oxygen atoms in total. The van der Waals surface area contributed by atoms with Crippen molar-refractivity contribution in [2.45, 2.75) is 64.6 Å². The van der Waals surface area contributed by atoms with Gasteiger partial charge in [0.05, 0.1) is 17.7 Å². The van der Waals surface area contributed by atoms with Gasteiger partial charge >= 0.3 is 0 Å². The van der Waals surface area contributed by atoms with Crippen molar-refractivity contribution in [3.05, 3.63) is 88.4 Å². The lowest BCUT2D eigenvalue weighted by Crippen LogP contribution is -2.52. The molecule has 0 aliphatic heterocycles. The van der Waals surface area contributed by atoms with E-state index in [9.17, 15) is 18.0 Å². The molecule has 1 N–H and O–H groups in total. The van der Waals surface area contributed by atoms with Crippen LogP contribution in [0.3, 0.4) is 0 Å². The average molecular weight is 600 g/mol. The Bertz CT molecular complexity index is 1460. The summed E-state index contributed by atoms with van der Waals surface area (Å²) in [6, 6.07) is 17.5. The van der Waals surface area contributed by atoms with Crippen molar-refractivity contribution in [1.29, 1.82) is 0 Å². The number of hydrogen-bond acceptors (Lipinski definition) is 5. The fraction of sp³-hybridized carbons (Fsp3) is 0.355. The van der Waals surface area contributed by atoms with Gasteiger partial charge in [-0.15, -0.1) is 0 Å². The second-order valence-electron chi connectivity index (χ2n) is 10.1. The zero-order chi connectivity index (χ0) is 30.3. The maximum absolute atomic E-state index is 14.0. The monoisotopic (exact) mass is 599 g/mol. The first kappa shape index (κ1) is 32.0. The number of nitrogens with one attached hydrogen (secondary N) is 1. The van der Waals surface area contributed by atoms with Gasteiger partial charge in [-0.1, -0.05) is 54.4 Å². The number of benzene rings is 3. The minimum atomic E-state index is -4.17. The lowest BCUT2D eigenvalue weighted by Gasteiger charge is -2.32. The molecule has 0 fully saturated rings. The van der Waals surface area contributed by atoms with E-state index in [0.29, 0.717) is 10.8 Å². The number of rotatable bonds is 12. The summed E-state index contributed by atoms with van der Waals surface area (Å²) in [6.07, 6.45) is 0.724. The van der Waals surface area contributed by atoms with Gasteiger partial charge < -0.3 is 15.0 Å². The van der Waals surface area contributed by atoms with Crippen LogP contribution >= 0.6 is 11.6 Å². The van der Waals surface area contributed by atoms with Crippen LogP contribution in [0.1, 0.15) is 43.9 Å². The highest BCUT2D eigenvalue weighted by Crippen LogP contribution is 2.29. The molecule has 0 saturated carbocycles. The van der Waals surface area contributed by atoms with Crippen molar-refractivity contribution < 1.29 is 22.7 Å². The third kappa shape index (κ3) is 8.01. The molecule has 3 rings (SSSR count). The Morgan fingerprint density at radius 2 is 1.61 bits per heavy atom. The molecule has 41 heavy (non-hydrogen) atoms. The van der Waals surface area contributed by atoms with Crippen molar-refractivity contribution in [2.24, 2.45) is 0 Å². The maximum Gasteiger partial charge on any atom is 0.264 e. The van der Waals surface area contributed by atoms with Crippen LogP contribution in [0, 0.1) is 13.8 Å². The third-order valence-corrected chi connectivity index (χ3v) is 9.21. The summed E-state index contributed by atoms with van der Waals surface area (Å²) < 4.78 is 34.2. The molecule has 0 aliphatic carbocycles. The molecule has 220 valence electrons. The number of anilines is 1. The van der Waals surface area contributed by atoms with Gasteiger partial charge in [0, 0.05) is 17.6 Å². The summed E-state index contributed by atoms with van der Waals surface area (Å²) in [5.74, 6) is -0.214. The van der Waals surface area contributed by atoms with Crippen LogP contribution in [0.5, 0.6) is 5.75 Å². The lowest BCUT2D eigenvalue weighted by atomic mass is 10.1. The fourth-order valence-electron chi connectivity index (χ4n) is 4.08. The molecule has 0 bridgehead atoms. The number of halogens is 1. The molecule has 10 heteroatoms. The van der Waals surface area contributed by atoms with Gasteiger partial charge in [0.2, 0.25) is 11.8 Å². The summed E-state index contributed by atoms with van der Waals surface area (Å²) in [5, 5.41) is 3.30. The summed E-state index contributed by atoms with van der Waals surface area (Å²) in [5.41, 5.74) is 2.67. The molecule has 0 unspecified atom stereocenters. The first-order valence-corrected chi connectivity index (χ1v) is 15.3. The van der Waals surface area contributed by atoms with E-state index in [-0.39, 0.29) is 29.1 Å². The predicted molar refractivity (Wildman–Crippen MR) is 163 cm³/mol. The van der Waals surface area contributed by atoms with Crippen LogP contribution in [0.15, 0.2) is 71.6 Å². The number of carbonyl (C=O) groups excluding carboxylic acids is 2. The second kappa shape index (κ2) is 13.9. The van der Waals surface area contributed by atoms with Gasteiger partial charge in [-0.25, -0.2) is 8.42 Å². The zero-order valence-corrected chi connectivity index (χ0v) is 25.9. The van der Waals surface area contributed by atoms with Crippen molar-refractivity contribution in [3.63, 3.8) is 0 Å². The Hall–Kier alpha value is -3.56. The van der Waals surface area contributed by atoms with Crippen molar-refractivity contribution in [3.8, 4) is 5.75 Å². The Labute approximate surface area is 248 Å². The minimum absolute atomic E-state index is 0.0388. The van der Waals surface area contributed by atoms with E-state index in [1.165, 1.54) is 23.1 Å². The van der Waals surface area contributed by atoms with Gasteiger partial charge in [0.25, 0.3) is 10.0 Å². The zero-order valence-electron chi connectivity index (χ0n) is 24.3. The first-order chi connectivity index (χ1) is 19.4. The predicted octanol–water partition coefficient (Wildman–Crippen LogP) is 5.49. The van der Waals surface area contributed by atoms with E-state index in [2.05, 4.69) is 5.32 Å². The normalized spacial score (nSPS) is 12.8. The Morgan fingerprint density at radius 1 is 0.976 bits per heavy atom. The van der Waals surface area contributed by atoms with E-state index in [0.717, 1.165) is 27.4 Å². The third-order valence-electron chi connectivity index (χ3n) is 7.01. The number of nitrogens with zero attached hydrogens (tertiary/aromatic N) is 2. The van der Waals surface area contributed by atoms with E-state index in [4.69, 9.17) is 16.3 Å². The van der Waals surface area contributed by atoms with Gasteiger partial charge in [-0.3, -0.25) is 13.9 Å². The smallest absolute Gasteiger partial charge is 0.264 e. The number of hydrogen-bond donors (Lipinski definition) is 1. The van der Waals surface area contributed by atoms with Gasteiger partial charge in [-0.05, 0) is 81.6 Å². The number of methoxy groups -OCH3 is 1. The molecule has 0 aromatic heterocycles. The molecular weight excluding hydrogens is 562 g/mol. The molecule has 0 heterocycles. The first-order valence-electron chi connectivity index (χ1n) is 13.5. The molecule has 2 amide bonds. The summed E-state index contributed by atoms with van der Waals surface area (Å²) in [7, 11) is -2.61. The van der Waals surface area contributed by atoms with E-state index in [1.807, 2.05) is 27.7 Å². The molecule has 3 aromatic rings. The van der Waals surface area contributed by atoms with Gasteiger partial charge in [0.15, 0.2) is 0 Å². The summed E-state index contributed by atoms with van der Waals surface area (Å²) in [4.78, 5) is 28.6. The molecule has 0 aliphatic rings. The van der Waals surface area contributed by atoms with Crippen LogP contribution in [-0.2, 0) is 26.2 Å². The quantitative estimate of drug-likeness (QED) is 0.297. The van der Waals surface area contributed by atoms with E-state index >= 15 is 0 Å². The summed E-state index contributed by atoms with van der Waals surface area (Å²) >= 11 is 6.38. The minimum Gasteiger partial charge on any atom is -0.497 e. The SMILES string of the molecule is CC[C@@H](C)NC(=O)[C@@H](C)N(Cc1ccc(OC)cc1)C(=O)CN(c1ccc(C)c(Cl)c1)S(=O)(=O)c1ccc(C)cc1. The Kier molecular flexibility index (Phi) is 10.8. The molecule has 0 spiro atoms. The van der Waals surface area contributed by atoms with Crippen molar-refractivity contribution >= 4 is 39.1 Å². The average Bonchev–Trinajstić information content (AvgIpc) is 2.96. The molecule has 3 aromatic carbocycles. The lowest BCUT2D eigenvalue weighted by molar-refractivity contribution is -0.139. The van der Waals surface area contributed by atoms with Crippen LogP contribution in [0.4, 0.5) is 5.69 Å². The second-order valence-corrected chi connectivity index (χ2v) is 12.4. The van der Waals surface area contributed by atoms with Crippen LogP contribution in [0.25, 0.3) is 0 Å². The molecule has 2 atom stereocenters. The van der Waals surface area contributed by atoms with Crippen LogP contribution in [-0.4, -0.2) is 50.9 Å². The number of aryl methyl sites for hydroxylation is 2. The van der Waals surface area contributed by atoms with E-state index < -0.39 is 28.5 Å². The Morgan fingerprint density at radius 3 is 2.17 bits per heavy atom. The highest BCUT2D eigenvalue weighted by Gasteiger charge is 2.33. The Balaban J connectivity index is 2.04. The highest BCUT2D eigenvalue weighted by atomic mass is 35.5. The number of carbonyl (C=O) groups is 2. The van der Waals surface area contributed by atoms with Crippen molar-refractivity contribution in [2.75, 3.05) is 18.0 Å². The molecular formula is C31H38ClN3O5S. The fourth-order valence-corrected chi connectivity index (χ4v) is 5.66. The van der Waals surface area contributed by atoms with Crippen LogP contribution in [0.2, 0.25) is 5.02 Å². The number of amides is 2. The van der Waals surface area contributed by atoms with Gasteiger partial charge in [-0.2, -0.15) is 0 Å². The van der Waals surface area contributed by atoms with Crippen LogP contribution < -0.4 is 14.4 Å². The topological polar surface area (TPSA) is 96.0 Å². The molecule has 0 saturated heterocycles. The van der Waals surface area contributed by atoms with Gasteiger partial charge in [0.1, 0.15) is 18.3 Å². The standard InChI is InChI=1S/C31H38ClN3O5S/c1-7-23(4)33-31(37)24(5)34(19-25-11-14-27(40-6)15-12-25)30(36)20-35(26-13-10-22(3)29(32)18-26)41(38,39)28-16-8-21(2)9-17-28/h8-18,23-24H,7,19-20H2,1-6H3,(H,33,37)/t23-,24-/m1/s1. The summed E-state index contributed by atoms with van der Waals surface area (Å²) in [6.45, 7) is 8.71. The largest absolute Gasteiger partial charge is 0.497 e. The number of sulfonamides is 1. The number of ether oxygens (including phenoxy) is 1. The maximum atomic E-state index is 14.0. The molecule has 0 radical (unpaired) electrons. The van der Waals surface area contributed by atoms with E-state index in [1.54, 1.807) is 62.6 Å². The highest BCUT2D eigenvalue weighted by molar-refractivity contribution is 7.92.